The molecular formula is C15H19NO9. The summed E-state index contributed by atoms with van der Waals surface area (Å²) in [6, 6.07) is 1.83. The van der Waals surface area contributed by atoms with E-state index in [0.29, 0.717) is 0 Å². The van der Waals surface area contributed by atoms with E-state index in [1.165, 1.54) is 27.7 Å². The maximum absolute atomic E-state index is 11.5. The second-order valence-corrected chi connectivity index (χ2v) is 5.75. The van der Waals surface area contributed by atoms with Crippen molar-refractivity contribution in [2.45, 2.75) is 64.2 Å². The Morgan fingerprint density at radius 2 is 1.64 bits per heavy atom. The predicted octanol–water partition coefficient (Wildman–Crippen LogP) is -0.207. The van der Waals surface area contributed by atoms with Crippen molar-refractivity contribution in [2.24, 2.45) is 0 Å². The monoisotopic (exact) mass is 357 g/mol. The number of carbonyl (C=O) groups is 3. The molecule has 6 atom stereocenters. The van der Waals surface area contributed by atoms with Gasteiger partial charge in [-0.3, -0.25) is 14.4 Å². The first-order valence-corrected chi connectivity index (χ1v) is 7.55. The Hall–Kier alpha value is -2.22. The molecule has 0 aliphatic carbocycles. The van der Waals surface area contributed by atoms with Crippen molar-refractivity contribution in [3.63, 3.8) is 0 Å². The Labute approximate surface area is 143 Å². The number of nitrogens with zero attached hydrogens (tertiary/aromatic N) is 1. The third-order valence-corrected chi connectivity index (χ3v) is 3.55. The average molecular weight is 357 g/mol. The number of fused-ring (bicyclic) bond motifs is 1. The van der Waals surface area contributed by atoms with Crippen molar-refractivity contribution in [3.8, 4) is 6.07 Å². The van der Waals surface area contributed by atoms with Crippen LogP contribution in [0.25, 0.3) is 0 Å². The summed E-state index contributed by atoms with van der Waals surface area (Å²) < 4.78 is 31.9. The van der Waals surface area contributed by atoms with E-state index in [9.17, 15) is 19.6 Å². The lowest BCUT2D eigenvalue weighted by Gasteiger charge is -2.40. The second kappa shape index (κ2) is 7.35. The van der Waals surface area contributed by atoms with E-state index in [0.717, 1.165) is 0 Å². The minimum atomic E-state index is -1.62. The molecule has 0 spiro atoms. The number of esters is 3. The van der Waals surface area contributed by atoms with E-state index in [-0.39, 0.29) is 6.61 Å². The molecule has 10 heteroatoms. The van der Waals surface area contributed by atoms with Crippen LogP contribution in [0.2, 0.25) is 0 Å². The van der Waals surface area contributed by atoms with Crippen LogP contribution in [0, 0.1) is 11.3 Å². The van der Waals surface area contributed by atoms with Crippen LogP contribution in [-0.4, -0.2) is 61.0 Å². The van der Waals surface area contributed by atoms with Crippen molar-refractivity contribution in [3.05, 3.63) is 0 Å². The first-order chi connectivity index (χ1) is 11.6. The highest BCUT2D eigenvalue weighted by molar-refractivity contribution is 5.67. The third kappa shape index (κ3) is 4.45. The molecule has 0 aromatic heterocycles. The summed E-state index contributed by atoms with van der Waals surface area (Å²) in [6.45, 7) is 4.67. The van der Waals surface area contributed by atoms with Crippen molar-refractivity contribution in [1.82, 2.24) is 0 Å². The molecule has 2 aliphatic heterocycles. The highest BCUT2D eigenvalue weighted by Crippen LogP contribution is 2.38. The van der Waals surface area contributed by atoms with Gasteiger partial charge in [0.05, 0.1) is 0 Å². The van der Waals surface area contributed by atoms with Crippen molar-refractivity contribution >= 4 is 17.9 Å². The number of hydrogen-bond donors (Lipinski definition) is 0. The van der Waals surface area contributed by atoms with Gasteiger partial charge in [-0.15, -0.1) is 0 Å². The number of hydrogen-bond acceptors (Lipinski definition) is 10. The smallest absolute Gasteiger partial charge is 0.303 e. The van der Waals surface area contributed by atoms with Gasteiger partial charge < -0.3 is 28.4 Å². The Balaban J connectivity index is 2.31. The molecule has 0 amide bonds. The highest BCUT2D eigenvalue weighted by Gasteiger charge is 2.59. The van der Waals surface area contributed by atoms with Crippen LogP contribution in [-0.2, 0) is 42.8 Å². The molecule has 0 saturated carbocycles. The van der Waals surface area contributed by atoms with Crippen LogP contribution >= 0.6 is 0 Å². The average Bonchev–Trinajstić information content (AvgIpc) is 2.84. The quantitative estimate of drug-likeness (QED) is 0.492. The molecule has 0 bridgehead atoms. The van der Waals surface area contributed by atoms with Gasteiger partial charge in [0.1, 0.15) is 18.8 Å². The standard InChI is InChI=1S/C15H19NO9/c1-7(17)20-5-10-11(21-8(2)18)12(22-9(3)19)13-14(23-10)25-15(4,6-16)24-13/h10-14H,5H2,1-4H3/t10-,11+,12+,13-,14-,15+/m1/s1. The van der Waals surface area contributed by atoms with Crippen molar-refractivity contribution in [2.75, 3.05) is 6.61 Å². The van der Waals surface area contributed by atoms with E-state index >= 15 is 0 Å². The molecule has 25 heavy (non-hydrogen) atoms. The van der Waals surface area contributed by atoms with Gasteiger partial charge in [-0.2, -0.15) is 5.26 Å². The van der Waals surface area contributed by atoms with Crippen LogP contribution in [0.3, 0.4) is 0 Å². The molecular weight excluding hydrogens is 338 g/mol. The summed E-state index contributed by atoms with van der Waals surface area (Å²) in [5.41, 5.74) is 0. The lowest BCUT2D eigenvalue weighted by atomic mass is 9.98. The molecule has 2 aliphatic rings. The van der Waals surface area contributed by atoms with Crippen LogP contribution in [0.4, 0.5) is 0 Å². The van der Waals surface area contributed by atoms with Crippen LogP contribution in [0.15, 0.2) is 0 Å². The van der Waals surface area contributed by atoms with Gasteiger partial charge in [-0.25, -0.2) is 0 Å². The minimum absolute atomic E-state index is 0.263. The Morgan fingerprint density at radius 1 is 1.04 bits per heavy atom. The Morgan fingerprint density at radius 3 is 2.16 bits per heavy atom. The SMILES string of the molecule is CC(=O)OC[C@H]1O[C@@H]2O[C@@](C)(C#N)O[C@@H]2[C@@H](OC(C)=O)[C@H]1OC(C)=O. The van der Waals surface area contributed by atoms with Crippen molar-refractivity contribution in [1.29, 1.82) is 5.26 Å². The summed E-state index contributed by atoms with van der Waals surface area (Å²) in [4.78, 5) is 34.0. The number of carbonyl (C=O) groups excluding carboxylic acids is 3. The van der Waals surface area contributed by atoms with Gasteiger partial charge in [0, 0.05) is 27.7 Å². The Kier molecular flexibility index (Phi) is 5.62. The molecule has 2 fully saturated rings. The predicted molar refractivity (Wildman–Crippen MR) is 76.4 cm³/mol. The molecule has 2 saturated heterocycles. The molecule has 138 valence electrons. The summed E-state index contributed by atoms with van der Waals surface area (Å²) >= 11 is 0. The largest absolute Gasteiger partial charge is 0.463 e. The molecule has 0 radical (unpaired) electrons. The molecule has 0 N–H and O–H groups in total. The lowest BCUT2D eigenvalue weighted by Crippen LogP contribution is -2.60. The van der Waals surface area contributed by atoms with Crippen LogP contribution in [0.5, 0.6) is 0 Å². The van der Waals surface area contributed by atoms with Gasteiger partial charge in [0.15, 0.2) is 24.6 Å². The van der Waals surface area contributed by atoms with Crippen LogP contribution < -0.4 is 0 Å². The summed E-state index contributed by atoms with van der Waals surface area (Å²) in [5.74, 6) is -3.49. The fraction of sp³-hybridized carbons (Fsp3) is 0.733. The molecule has 0 unspecified atom stereocenters. The fourth-order valence-corrected chi connectivity index (χ4v) is 2.65. The van der Waals surface area contributed by atoms with E-state index in [1.54, 1.807) is 0 Å². The van der Waals surface area contributed by atoms with Gasteiger partial charge in [0.2, 0.25) is 0 Å². The molecule has 0 aromatic carbocycles. The molecule has 2 heterocycles. The van der Waals surface area contributed by atoms with E-state index < -0.39 is 54.4 Å². The van der Waals surface area contributed by atoms with Gasteiger partial charge in [0.25, 0.3) is 5.79 Å². The summed E-state index contributed by atoms with van der Waals surface area (Å²) in [7, 11) is 0. The molecule has 0 aromatic rings. The number of rotatable bonds is 4. The first kappa shape index (κ1) is 19.1. The van der Waals surface area contributed by atoms with Crippen molar-refractivity contribution < 1.29 is 42.8 Å². The maximum Gasteiger partial charge on any atom is 0.303 e. The number of ether oxygens (including phenoxy) is 6. The van der Waals surface area contributed by atoms with Gasteiger partial charge in [-0.05, 0) is 0 Å². The maximum atomic E-state index is 11.5. The zero-order valence-electron chi connectivity index (χ0n) is 14.2. The Bertz CT molecular complexity index is 600. The summed E-state index contributed by atoms with van der Waals surface area (Å²) in [5, 5.41) is 9.18. The van der Waals surface area contributed by atoms with E-state index in [1.807, 2.05) is 6.07 Å². The van der Waals surface area contributed by atoms with Gasteiger partial charge >= 0.3 is 17.9 Å². The topological polar surface area (TPSA) is 130 Å². The second-order valence-electron chi connectivity index (χ2n) is 5.75. The first-order valence-electron chi connectivity index (χ1n) is 7.55. The van der Waals surface area contributed by atoms with E-state index in [2.05, 4.69) is 0 Å². The minimum Gasteiger partial charge on any atom is -0.463 e. The zero-order valence-corrected chi connectivity index (χ0v) is 14.2. The number of nitriles is 1. The summed E-state index contributed by atoms with van der Waals surface area (Å²) in [6.07, 6.45) is -5.24. The zero-order chi connectivity index (χ0) is 18.8. The highest BCUT2D eigenvalue weighted by atomic mass is 16.8. The van der Waals surface area contributed by atoms with E-state index in [4.69, 9.17) is 28.4 Å². The molecule has 2 rings (SSSR count). The molecule has 10 nitrogen and oxygen atoms in total. The lowest BCUT2D eigenvalue weighted by molar-refractivity contribution is -0.265. The van der Waals surface area contributed by atoms with Crippen LogP contribution in [0.1, 0.15) is 27.7 Å². The fourth-order valence-electron chi connectivity index (χ4n) is 2.65. The van der Waals surface area contributed by atoms with Gasteiger partial charge in [-0.1, -0.05) is 0 Å². The normalized spacial score (nSPS) is 36.7. The third-order valence-electron chi connectivity index (χ3n) is 3.55.